The van der Waals surface area contributed by atoms with Crippen molar-refractivity contribution in [2.75, 3.05) is 0 Å². The van der Waals surface area contributed by atoms with Crippen LogP contribution in [-0.2, 0) is 73.5 Å². The summed E-state index contributed by atoms with van der Waals surface area (Å²) in [5.41, 5.74) is -1.06. The SMILES string of the molecule is C/C(=C/C(=O)[O-])C(=O)[O-].C/C(=C/C(=O)[O-])C(=O)[O-].C/C(=C/C(=O)[O-])C(=O)[O-].[Au+3].[Au+3]. The third kappa shape index (κ3) is 30.5. The normalized spacial score (nSPS) is 10.2. The molecule has 0 aliphatic carbocycles. The molecule has 166 valence electrons. The van der Waals surface area contributed by atoms with Crippen LogP contribution in [0.3, 0.4) is 0 Å². The molecule has 0 heterocycles. The Hall–Kier alpha value is -2.48. The molecule has 0 unspecified atom stereocenters. The van der Waals surface area contributed by atoms with Crippen molar-refractivity contribution in [2.24, 2.45) is 0 Å². The Kier molecular flexibility index (Phi) is 26.1. The second-order valence-electron chi connectivity index (χ2n) is 4.30. The summed E-state index contributed by atoms with van der Waals surface area (Å²) in [6.07, 6.45) is 1.40. The van der Waals surface area contributed by atoms with Gasteiger partial charge in [-0.2, -0.15) is 0 Å². The Morgan fingerprint density at radius 1 is 0.448 bits per heavy atom. The first kappa shape index (κ1) is 37.3. The molecule has 0 aliphatic rings. The predicted molar refractivity (Wildman–Crippen MR) is 71.3 cm³/mol. The molecule has 0 fully saturated rings. The van der Waals surface area contributed by atoms with Gasteiger partial charge < -0.3 is 59.4 Å². The van der Waals surface area contributed by atoms with Gasteiger partial charge in [0.2, 0.25) is 0 Å². The quantitative estimate of drug-likeness (QED) is 0.181. The van der Waals surface area contributed by atoms with Crippen molar-refractivity contribution in [3.8, 4) is 0 Å². The van der Waals surface area contributed by atoms with E-state index in [1.54, 1.807) is 0 Å². The van der Waals surface area contributed by atoms with E-state index in [9.17, 15) is 59.4 Å². The number of carbonyl (C=O) groups excluding carboxylic acids is 6. The molecule has 0 aliphatic heterocycles. The standard InChI is InChI=1S/3C5H6O4.2Au/c3*1-3(5(8)9)2-4(6)7;;/h3*2H,1H3,(H,6,7)(H,8,9);;/q;;;2*+3/p-6/b3*3-2-;;. The van der Waals surface area contributed by atoms with E-state index in [4.69, 9.17) is 0 Å². The van der Waals surface area contributed by atoms with Crippen molar-refractivity contribution >= 4 is 35.8 Å². The fourth-order valence-electron chi connectivity index (χ4n) is 0.707. The molecular weight excluding hydrogens is 766 g/mol. The van der Waals surface area contributed by atoms with E-state index in [0.717, 1.165) is 20.8 Å². The first-order valence-electron chi connectivity index (χ1n) is 6.43. The molecule has 0 rings (SSSR count). The fraction of sp³-hybridized carbons (Fsp3) is 0.200. The molecule has 0 radical (unpaired) electrons. The smallest absolute Gasteiger partial charge is 0.545 e. The molecule has 0 spiro atoms. The van der Waals surface area contributed by atoms with Crippen molar-refractivity contribution < 1.29 is 104 Å². The molecule has 0 N–H and O–H groups in total. The maximum absolute atomic E-state index is 9.76. The van der Waals surface area contributed by atoms with Crippen molar-refractivity contribution in [3.63, 3.8) is 0 Å². The predicted octanol–water partition coefficient (Wildman–Crippen LogP) is -7.71. The Bertz CT molecular complexity index is 609. The minimum Gasteiger partial charge on any atom is -0.545 e. The molecule has 0 aromatic rings. The third-order valence-corrected chi connectivity index (χ3v) is 1.97. The number of aliphatic carboxylic acids is 6. The summed E-state index contributed by atoms with van der Waals surface area (Å²) in [5, 5.41) is 58.2. The summed E-state index contributed by atoms with van der Waals surface area (Å²) in [7, 11) is 0. The summed E-state index contributed by atoms with van der Waals surface area (Å²) in [4.78, 5) is 58.2. The van der Waals surface area contributed by atoms with Gasteiger partial charge in [0.05, 0.1) is 35.8 Å². The monoisotopic (exact) mass is 778 g/mol. The number of hydrogen-bond acceptors (Lipinski definition) is 12. The van der Waals surface area contributed by atoms with Gasteiger partial charge in [-0.1, -0.05) is 0 Å². The van der Waals surface area contributed by atoms with Gasteiger partial charge in [-0.25, -0.2) is 0 Å². The van der Waals surface area contributed by atoms with Crippen LogP contribution in [0, 0.1) is 0 Å². The number of carboxylic acids is 6. The van der Waals surface area contributed by atoms with Gasteiger partial charge in [0.15, 0.2) is 0 Å². The van der Waals surface area contributed by atoms with Crippen molar-refractivity contribution in [1.29, 1.82) is 0 Å². The molecule has 14 heteroatoms. The molecule has 0 aromatic heterocycles. The molecule has 0 saturated heterocycles. The van der Waals surface area contributed by atoms with Gasteiger partial charge in [-0.3, -0.25) is 0 Å². The second kappa shape index (κ2) is 20.3. The molecule has 29 heavy (non-hydrogen) atoms. The molecule has 0 bridgehead atoms. The van der Waals surface area contributed by atoms with Crippen molar-refractivity contribution in [2.45, 2.75) is 20.8 Å². The molecule has 0 atom stereocenters. The Morgan fingerprint density at radius 2 is 0.586 bits per heavy atom. The van der Waals surface area contributed by atoms with E-state index in [-0.39, 0.29) is 61.5 Å². The molecule has 0 aromatic carbocycles. The average molecular weight is 778 g/mol. The zero-order valence-electron chi connectivity index (χ0n) is 14.7. The maximum Gasteiger partial charge on any atom is 3.00 e. The van der Waals surface area contributed by atoms with Crippen LogP contribution in [0.4, 0.5) is 0 Å². The minimum atomic E-state index is -1.53. The molecule has 0 saturated carbocycles. The van der Waals surface area contributed by atoms with Gasteiger partial charge in [-0.15, -0.1) is 0 Å². The Balaban J connectivity index is -0.0000000960. The topological polar surface area (TPSA) is 241 Å². The van der Waals surface area contributed by atoms with E-state index in [1.165, 1.54) is 0 Å². The summed E-state index contributed by atoms with van der Waals surface area (Å²) >= 11 is 0. The van der Waals surface area contributed by atoms with E-state index in [0.29, 0.717) is 18.2 Å². The maximum atomic E-state index is 9.76. The average Bonchev–Trinajstić information content (AvgIpc) is 2.46. The van der Waals surface area contributed by atoms with Crippen LogP contribution in [0.5, 0.6) is 0 Å². The summed E-state index contributed by atoms with van der Waals surface area (Å²) < 4.78 is 0. The number of hydrogen-bond donors (Lipinski definition) is 0. The van der Waals surface area contributed by atoms with Gasteiger partial charge in [-0.05, 0) is 55.7 Å². The zero-order chi connectivity index (χ0) is 22.3. The molecule has 0 amide bonds. The van der Waals surface area contributed by atoms with Gasteiger partial charge in [0.1, 0.15) is 0 Å². The van der Waals surface area contributed by atoms with Gasteiger partial charge in [0, 0.05) is 0 Å². The Labute approximate surface area is 195 Å². The van der Waals surface area contributed by atoms with Crippen molar-refractivity contribution in [1.82, 2.24) is 0 Å². The molecule has 12 nitrogen and oxygen atoms in total. The van der Waals surface area contributed by atoms with E-state index >= 15 is 0 Å². The van der Waals surface area contributed by atoms with E-state index in [1.807, 2.05) is 0 Å². The van der Waals surface area contributed by atoms with Gasteiger partial charge >= 0.3 is 44.8 Å². The van der Waals surface area contributed by atoms with Crippen LogP contribution in [0.15, 0.2) is 34.9 Å². The van der Waals surface area contributed by atoms with Crippen LogP contribution < -0.4 is 30.6 Å². The van der Waals surface area contributed by atoms with Gasteiger partial charge in [0.25, 0.3) is 0 Å². The number of rotatable bonds is 6. The van der Waals surface area contributed by atoms with Crippen LogP contribution in [0.2, 0.25) is 0 Å². The van der Waals surface area contributed by atoms with Crippen molar-refractivity contribution in [3.05, 3.63) is 34.9 Å². The first-order valence-corrected chi connectivity index (χ1v) is 6.43. The summed E-state index contributed by atoms with van der Waals surface area (Å²) in [5.74, 6) is -9.09. The summed E-state index contributed by atoms with van der Waals surface area (Å²) in [6.45, 7) is 3.35. The number of carbonyl (C=O) groups is 6. The van der Waals surface area contributed by atoms with Crippen LogP contribution >= 0.6 is 0 Å². The largest absolute Gasteiger partial charge is 3.00 e. The first-order chi connectivity index (χ1) is 12.1. The molecular formula is C15H12Au2O12. The van der Waals surface area contributed by atoms with E-state index < -0.39 is 35.8 Å². The van der Waals surface area contributed by atoms with Crippen LogP contribution in [0.1, 0.15) is 20.8 Å². The summed E-state index contributed by atoms with van der Waals surface area (Å²) in [6, 6.07) is 0. The van der Waals surface area contributed by atoms with Crippen LogP contribution in [0.25, 0.3) is 0 Å². The number of carboxylic acid groups (broad SMARTS) is 6. The van der Waals surface area contributed by atoms with E-state index in [2.05, 4.69) is 0 Å². The minimum absolute atomic E-state index is 0. The van der Waals surface area contributed by atoms with Crippen LogP contribution in [-0.4, -0.2) is 35.8 Å². The third-order valence-electron chi connectivity index (χ3n) is 1.97. The Morgan fingerprint density at radius 3 is 0.621 bits per heavy atom. The fourth-order valence-corrected chi connectivity index (χ4v) is 0.707. The zero-order valence-corrected chi connectivity index (χ0v) is 19.1. The second-order valence-corrected chi connectivity index (χ2v) is 4.30.